The molecular weight excluding hydrogens is 226 g/mol. The quantitative estimate of drug-likeness (QED) is 0.827. The summed E-state index contributed by atoms with van der Waals surface area (Å²) >= 11 is 0. The first-order valence-corrected chi connectivity index (χ1v) is 6.41. The summed E-state index contributed by atoms with van der Waals surface area (Å²) in [6.07, 6.45) is 2.73. The van der Waals surface area contributed by atoms with Gasteiger partial charge in [0.25, 0.3) is 5.56 Å². The number of pyridine rings is 2. The number of aryl methyl sites for hydroxylation is 1. The van der Waals surface area contributed by atoms with E-state index in [4.69, 9.17) is 0 Å². The van der Waals surface area contributed by atoms with Crippen molar-refractivity contribution in [2.45, 2.75) is 27.2 Å². The Morgan fingerprint density at radius 1 is 1.39 bits per heavy atom. The molecule has 4 nitrogen and oxygen atoms in total. The monoisotopic (exact) mass is 245 g/mol. The molecule has 0 unspecified atom stereocenters. The molecule has 0 radical (unpaired) electrons. The summed E-state index contributed by atoms with van der Waals surface area (Å²) in [5.41, 5.74) is 1.52. The summed E-state index contributed by atoms with van der Waals surface area (Å²) in [7, 11) is 0. The van der Waals surface area contributed by atoms with Gasteiger partial charge in [0.15, 0.2) is 5.65 Å². The number of nitrogens with zero attached hydrogens (tertiary/aromatic N) is 3. The zero-order chi connectivity index (χ0) is 13.1. The molecule has 0 amide bonds. The molecule has 0 bridgehead atoms. The van der Waals surface area contributed by atoms with Gasteiger partial charge >= 0.3 is 0 Å². The van der Waals surface area contributed by atoms with Gasteiger partial charge in [0.1, 0.15) is 0 Å². The molecule has 0 saturated carbocycles. The highest BCUT2D eigenvalue weighted by Crippen LogP contribution is 2.10. The molecule has 0 fully saturated rings. The van der Waals surface area contributed by atoms with E-state index in [-0.39, 0.29) is 5.56 Å². The number of fused-ring (bicyclic) bond motifs is 1. The molecule has 0 N–H and O–H groups in total. The van der Waals surface area contributed by atoms with Crippen molar-refractivity contribution in [3.8, 4) is 0 Å². The molecule has 4 heteroatoms. The number of rotatable bonds is 4. The van der Waals surface area contributed by atoms with Crippen LogP contribution in [-0.4, -0.2) is 22.7 Å². The van der Waals surface area contributed by atoms with Gasteiger partial charge in [-0.25, -0.2) is 9.66 Å². The van der Waals surface area contributed by atoms with Crippen LogP contribution in [0.25, 0.3) is 11.0 Å². The van der Waals surface area contributed by atoms with Crippen LogP contribution in [-0.2, 0) is 0 Å². The van der Waals surface area contributed by atoms with Crippen LogP contribution in [0, 0.1) is 6.92 Å². The van der Waals surface area contributed by atoms with Crippen LogP contribution in [0.1, 0.15) is 25.8 Å². The van der Waals surface area contributed by atoms with Crippen molar-refractivity contribution < 1.29 is 0 Å². The van der Waals surface area contributed by atoms with Crippen molar-refractivity contribution in [3.63, 3.8) is 0 Å². The highest BCUT2D eigenvalue weighted by Gasteiger charge is 2.11. The summed E-state index contributed by atoms with van der Waals surface area (Å²) in [6, 6.07) is 5.79. The fraction of sp³-hybridized carbons (Fsp3) is 0.429. The lowest BCUT2D eigenvalue weighted by molar-refractivity contribution is 0.586. The molecule has 2 aromatic rings. The lowest BCUT2D eigenvalue weighted by atomic mass is 10.2. The molecule has 0 atom stereocenters. The maximum atomic E-state index is 12.3. The smallest absolute Gasteiger partial charge is 0.273 e. The largest absolute Gasteiger partial charge is 0.308 e. The van der Waals surface area contributed by atoms with Crippen LogP contribution >= 0.6 is 0 Å². The van der Waals surface area contributed by atoms with Crippen molar-refractivity contribution in [1.82, 2.24) is 9.66 Å². The van der Waals surface area contributed by atoms with Crippen LogP contribution in [0.5, 0.6) is 0 Å². The second kappa shape index (κ2) is 5.21. The normalized spacial score (nSPS) is 10.8. The van der Waals surface area contributed by atoms with E-state index in [2.05, 4.69) is 18.8 Å². The summed E-state index contributed by atoms with van der Waals surface area (Å²) < 4.78 is 1.72. The van der Waals surface area contributed by atoms with Gasteiger partial charge in [-0.1, -0.05) is 6.92 Å². The first-order valence-electron chi connectivity index (χ1n) is 6.41. The topological polar surface area (TPSA) is 38.1 Å². The second-order valence-electron chi connectivity index (χ2n) is 4.41. The molecular formula is C14H19N3O. The van der Waals surface area contributed by atoms with Crippen molar-refractivity contribution in [2.75, 3.05) is 18.1 Å². The van der Waals surface area contributed by atoms with Crippen molar-refractivity contribution >= 4 is 11.0 Å². The molecule has 2 rings (SSSR count). The predicted octanol–water partition coefficient (Wildman–Crippen LogP) is 2.07. The van der Waals surface area contributed by atoms with Crippen LogP contribution in [0.4, 0.5) is 0 Å². The summed E-state index contributed by atoms with van der Waals surface area (Å²) in [4.78, 5) is 16.7. The minimum absolute atomic E-state index is 0.0245. The highest BCUT2D eigenvalue weighted by atomic mass is 16.1. The first-order chi connectivity index (χ1) is 8.69. The number of hydrogen-bond acceptors (Lipinski definition) is 3. The van der Waals surface area contributed by atoms with Gasteiger partial charge in [-0.3, -0.25) is 4.79 Å². The van der Waals surface area contributed by atoms with E-state index >= 15 is 0 Å². The summed E-state index contributed by atoms with van der Waals surface area (Å²) in [5.74, 6) is 0. The van der Waals surface area contributed by atoms with E-state index in [1.54, 1.807) is 10.9 Å². The summed E-state index contributed by atoms with van der Waals surface area (Å²) in [5, 5.41) is 3.05. The molecule has 2 heterocycles. The molecule has 2 aromatic heterocycles. The van der Waals surface area contributed by atoms with Crippen molar-refractivity contribution in [3.05, 3.63) is 40.3 Å². The maximum Gasteiger partial charge on any atom is 0.273 e. The Bertz CT molecular complexity index is 604. The maximum absolute atomic E-state index is 12.3. The molecule has 18 heavy (non-hydrogen) atoms. The second-order valence-corrected chi connectivity index (χ2v) is 4.41. The fourth-order valence-electron chi connectivity index (χ4n) is 2.18. The van der Waals surface area contributed by atoms with E-state index < -0.39 is 0 Å². The van der Waals surface area contributed by atoms with Gasteiger partial charge in [-0.15, -0.1) is 0 Å². The van der Waals surface area contributed by atoms with Crippen molar-refractivity contribution in [1.29, 1.82) is 0 Å². The molecule has 0 aliphatic rings. The predicted molar refractivity (Wildman–Crippen MR) is 74.7 cm³/mol. The molecule has 0 aliphatic carbocycles. The van der Waals surface area contributed by atoms with Crippen molar-refractivity contribution in [2.24, 2.45) is 0 Å². The van der Waals surface area contributed by atoms with Crippen LogP contribution in [0.2, 0.25) is 0 Å². The Hall–Kier alpha value is -1.84. The Kier molecular flexibility index (Phi) is 3.65. The third kappa shape index (κ3) is 2.10. The van der Waals surface area contributed by atoms with E-state index in [0.717, 1.165) is 36.1 Å². The zero-order valence-electron chi connectivity index (χ0n) is 11.2. The lowest BCUT2D eigenvalue weighted by Gasteiger charge is -2.25. The molecule has 0 spiro atoms. The SMILES string of the molecule is CCCN(CC)n1c(=O)c(C)cc2cccnc21. The zero-order valence-corrected chi connectivity index (χ0v) is 11.2. The van der Waals surface area contributed by atoms with Crippen LogP contribution in [0.15, 0.2) is 29.2 Å². The van der Waals surface area contributed by atoms with E-state index in [9.17, 15) is 4.79 Å². The van der Waals surface area contributed by atoms with Gasteiger partial charge in [0, 0.05) is 30.2 Å². The van der Waals surface area contributed by atoms with E-state index in [1.807, 2.05) is 30.1 Å². The third-order valence-corrected chi connectivity index (χ3v) is 3.05. The van der Waals surface area contributed by atoms with Gasteiger partial charge in [0.2, 0.25) is 0 Å². The summed E-state index contributed by atoms with van der Waals surface area (Å²) in [6.45, 7) is 7.66. The minimum atomic E-state index is 0.0245. The third-order valence-electron chi connectivity index (χ3n) is 3.05. The van der Waals surface area contributed by atoms with Crippen LogP contribution < -0.4 is 10.6 Å². The Labute approximate surface area is 107 Å². The molecule has 96 valence electrons. The Balaban J connectivity index is 2.73. The van der Waals surface area contributed by atoms with Gasteiger partial charge in [-0.2, -0.15) is 0 Å². The van der Waals surface area contributed by atoms with Gasteiger partial charge < -0.3 is 5.01 Å². The van der Waals surface area contributed by atoms with Gasteiger partial charge in [-0.05, 0) is 38.5 Å². The average Bonchev–Trinajstić information content (AvgIpc) is 2.38. The standard InChI is InChI=1S/C14H19N3O/c1-4-9-16(5-2)17-13-12(7-6-8-15-13)10-11(3)14(17)18/h6-8,10H,4-5,9H2,1-3H3. The number of aromatic nitrogens is 2. The Morgan fingerprint density at radius 2 is 2.17 bits per heavy atom. The van der Waals surface area contributed by atoms with E-state index in [1.165, 1.54) is 0 Å². The fourth-order valence-corrected chi connectivity index (χ4v) is 2.18. The first kappa shape index (κ1) is 12.6. The van der Waals surface area contributed by atoms with E-state index in [0.29, 0.717) is 0 Å². The highest BCUT2D eigenvalue weighted by molar-refractivity contribution is 5.75. The molecule has 0 aliphatic heterocycles. The number of hydrogen-bond donors (Lipinski definition) is 0. The lowest BCUT2D eigenvalue weighted by Crippen LogP contribution is -2.43. The Morgan fingerprint density at radius 3 is 2.83 bits per heavy atom. The van der Waals surface area contributed by atoms with Gasteiger partial charge in [0.05, 0.1) is 0 Å². The molecule has 0 saturated heterocycles. The minimum Gasteiger partial charge on any atom is -0.308 e. The molecule has 0 aromatic carbocycles. The van der Waals surface area contributed by atoms with Crippen LogP contribution in [0.3, 0.4) is 0 Å². The average molecular weight is 245 g/mol.